The summed E-state index contributed by atoms with van der Waals surface area (Å²) in [5.74, 6) is -1.81. The molecule has 1 heterocycles. The number of anilines is 2. The van der Waals surface area contributed by atoms with Crippen LogP contribution in [-0.2, 0) is 16.1 Å². The number of esters is 1. The van der Waals surface area contributed by atoms with E-state index in [1.54, 1.807) is 24.3 Å². The Morgan fingerprint density at radius 1 is 0.829 bits per heavy atom. The average Bonchev–Trinajstić information content (AvgIpc) is 3.12. The minimum atomic E-state index is -0.584. The lowest BCUT2D eigenvalue weighted by molar-refractivity contribution is -0.114. The van der Waals surface area contributed by atoms with Gasteiger partial charge < -0.3 is 10.1 Å². The molecule has 1 aliphatic heterocycles. The molecule has 0 radical (unpaired) electrons. The van der Waals surface area contributed by atoms with Crippen LogP contribution in [0.5, 0.6) is 0 Å². The van der Waals surface area contributed by atoms with Gasteiger partial charge in [-0.2, -0.15) is 0 Å². The highest BCUT2D eigenvalue weighted by molar-refractivity contribution is 6.34. The second kappa shape index (κ2) is 8.87. The summed E-state index contributed by atoms with van der Waals surface area (Å²) in [5, 5.41) is 4.68. The van der Waals surface area contributed by atoms with Crippen molar-refractivity contribution >= 4 is 45.8 Å². The van der Waals surface area contributed by atoms with E-state index in [2.05, 4.69) is 5.32 Å². The molecule has 172 valence electrons. The highest BCUT2D eigenvalue weighted by atomic mass is 16.5. The summed E-state index contributed by atoms with van der Waals surface area (Å²) in [5.41, 5.74) is 2.33. The van der Waals surface area contributed by atoms with Gasteiger partial charge in [0.05, 0.1) is 22.4 Å². The molecule has 0 aliphatic carbocycles. The molecule has 3 amide bonds. The number of imide groups is 1. The molecule has 0 saturated heterocycles. The largest absolute Gasteiger partial charge is 0.457 e. The molecule has 1 aliphatic rings. The zero-order valence-electron chi connectivity index (χ0n) is 18.8. The lowest BCUT2D eigenvalue weighted by Gasteiger charge is -2.14. The van der Waals surface area contributed by atoms with Crippen molar-refractivity contribution in [3.05, 3.63) is 107 Å². The molecular formula is C28H20N2O5. The van der Waals surface area contributed by atoms with Crippen molar-refractivity contribution in [2.24, 2.45) is 0 Å². The van der Waals surface area contributed by atoms with Crippen molar-refractivity contribution in [3.8, 4) is 0 Å². The van der Waals surface area contributed by atoms with E-state index in [0.29, 0.717) is 11.4 Å². The number of fused-ring (bicyclic) bond motifs is 2. The molecule has 0 aromatic heterocycles. The van der Waals surface area contributed by atoms with E-state index in [1.807, 2.05) is 42.5 Å². The Labute approximate surface area is 200 Å². The van der Waals surface area contributed by atoms with Crippen LogP contribution >= 0.6 is 0 Å². The van der Waals surface area contributed by atoms with Gasteiger partial charge in [-0.1, -0.05) is 42.5 Å². The molecule has 35 heavy (non-hydrogen) atoms. The third kappa shape index (κ3) is 4.15. The van der Waals surface area contributed by atoms with E-state index >= 15 is 0 Å². The SMILES string of the molecule is CC(=O)Nc1ccc(N2C(=O)c3ccc(C(=O)OCc4cccc5ccccc45)cc3C2=O)cc1. The van der Waals surface area contributed by atoms with Gasteiger partial charge in [-0.15, -0.1) is 0 Å². The van der Waals surface area contributed by atoms with Gasteiger partial charge >= 0.3 is 5.97 Å². The van der Waals surface area contributed by atoms with Gasteiger partial charge in [0, 0.05) is 12.6 Å². The smallest absolute Gasteiger partial charge is 0.338 e. The first-order valence-corrected chi connectivity index (χ1v) is 11.0. The van der Waals surface area contributed by atoms with Crippen LogP contribution in [0.3, 0.4) is 0 Å². The van der Waals surface area contributed by atoms with E-state index < -0.39 is 17.8 Å². The van der Waals surface area contributed by atoms with Crippen molar-refractivity contribution in [3.63, 3.8) is 0 Å². The minimum absolute atomic E-state index is 0.0803. The van der Waals surface area contributed by atoms with Crippen LogP contribution < -0.4 is 10.2 Å². The van der Waals surface area contributed by atoms with Gasteiger partial charge in [-0.25, -0.2) is 9.69 Å². The summed E-state index contributed by atoms with van der Waals surface area (Å²) in [6, 6.07) is 24.3. The quantitative estimate of drug-likeness (QED) is 0.333. The van der Waals surface area contributed by atoms with Gasteiger partial charge in [-0.05, 0) is 58.8 Å². The lowest BCUT2D eigenvalue weighted by Crippen LogP contribution is -2.29. The van der Waals surface area contributed by atoms with E-state index in [4.69, 9.17) is 4.74 Å². The highest BCUT2D eigenvalue weighted by Crippen LogP contribution is 2.30. The van der Waals surface area contributed by atoms with Crippen LogP contribution in [0.15, 0.2) is 84.9 Å². The van der Waals surface area contributed by atoms with Crippen molar-refractivity contribution in [2.45, 2.75) is 13.5 Å². The third-order valence-corrected chi connectivity index (χ3v) is 5.81. The van der Waals surface area contributed by atoms with Gasteiger partial charge in [0.25, 0.3) is 11.8 Å². The first-order valence-electron chi connectivity index (χ1n) is 11.0. The topological polar surface area (TPSA) is 92.8 Å². The fourth-order valence-corrected chi connectivity index (χ4v) is 4.14. The number of hydrogen-bond acceptors (Lipinski definition) is 5. The van der Waals surface area contributed by atoms with Crippen molar-refractivity contribution in [1.82, 2.24) is 0 Å². The first kappa shape index (κ1) is 22.0. The van der Waals surface area contributed by atoms with E-state index in [0.717, 1.165) is 21.2 Å². The van der Waals surface area contributed by atoms with Crippen molar-refractivity contribution < 1.29 is 23.9 Å². The summed E-state index contributed by atoms with van der Waals surface area (Å²) in [4.78, 5) is 51.0. The van der Waals surface area contributed by atoms with Crippen LogP contribution in [0.25, 0.3) is 10.8 Å². The number of ether oxygens (including phenoxy) is 1. The second-order valence-electron chi connectivity index (χ2n) is 8.15. The van der Waals surface area contributed by atoms with Gasteiger partial charge in [0.1, 0.15) is 6.61 Å². The van der Waals surface area contributed by atoms with Crippen LogP contribution in [-0.4, -0.2) is 23.7 Å². The zero-order chi connectivity index (χ0) is 24.5. The summed E-state index contributed by atoms with van der Waals surface area (Å²) < 4.78 is 5.52. The van der Waals surface area contributed by atoms with E-state index in [1.165, 1.54) is 25.1 Å². The number of amides is 3. The molecular weight excluding hydrogens is 444 g/mol. The molecule has 1 N–H and O–H groups in total. The van der Waals surface area contributed by atoms with Crippen molar-refractivity contribution in [1.29, 1.82) is 0 Å². The number of rotatable bonds is 5. The van der Waals surface area contributed by atoms with Crippen LogP contribution in [0.1, 0.15) is 43.6 Å². The maximum Gasteiger partial charge on any atom is 0.338 e. The monoisotopic (exact) mass is 464 g/mol. The molecule has 7 heteroatoms. The molecule has 7 nitrogen and oxygen atoms in total. The molecule has 0 fully saturated rings. The van der Waals surface area contributed by atoms with Gasteiger partial charge in [0.2, 0.25) is 5.91 Å². The lowest BCUT2D eigenvalue weighted by atomic mass is 10.0. The van der Waals surface area contributed by atoms with Gasteiger partial charge in [-0.3, -0.25) is 14.4 Å². The second-order valence-corrected chi connectivity index (χ2v) is 8.15. The Bertz CT molecular complexity index is 1500. The van der Waals surface area contributed by atoms with E-state index in [-0.39, 0.29) is 29.2 Å². The molecule has 0 atom stereocenters. The summed E-state index contributed by atoms with van der Waals surface area (Å²) >= 11 is 0. The fraction of sp³-hybridized carbons (Fsp3) is 0.0714. The average molecular weight is 464 g/mol. The Morgan fingerprint density at radius 2 is 1.54 bits per heavy atom. The maximum atomic E-state index is 13.1. The Kier molecular flexibility index (Phi) is 5.58. The highest BCUT2D eigenvalue weighted by Gasteiger charge is 2.37. The summed E-state index contributed by atoms with van der Waals surface area (Å²) in [6.45, 7) is 1.47. The van der Waals surface area contributed by atoms with Crippen LogP contribution in [0.4, 0.5) is 11.4 Å². The maximum absolute atomic E-state index is 13.1. The number of nitrogens with zero attached hydrogens (tertiary/aromatic N) is 1. The summed E-state index contributed by atoms with van der Waals surface area (Å²) in [6.07, 6.45) is 0. The number of carbonyl (C=O) groups is 4. The number of benzene rings is 4. The number of carbonyl (C=O) groups excluding carboxylic acids is 4. The molecule has 4 aromatic rings. The first-order chi connectivity index (χ1) is 16.9. The predicted molar refractivity (Wildman–Crippen MR) is 131 cm³/mol. The molecule has 4 aromatic carbocycles. The predicted octanol–water partition coefficient (Wildman–Crippen LogP) is 4.96. The minimum Gasteiger partial charge on any atom is -0.457 e. The molecule has 0 spiro atoms. The fourth-order valence-electron chi connectivity index (χ4n) is 4.14. The Balaban J connectivity index is 1.34. The zero-order valence-corrected chi connectivity index (χ0v) is 18.8. The normalized spacial score (nSPS) is 12.5. The Morgan fingerprint density at radius 3 is 2.31 bits per heavy atom. The standard InChI is InChI=1S/C28H20N2O5/c1-17(31)29-21-10-12-22(13-11-21)30-26(32)24-14-9-19(15-25(24)27(30)33)28(34)35-16-20-7-4-6-18-5-2-3-8-23(18)20/h2-15H,16H2,1H3,(H,29,31). The molecule has 0 bridgehead atoms. The third-order valence-electron chi connectivity index (χ3n) is 5.81. The molecule has 5 rings (SSSR count). The van der Waals surface area contributed by atoms with E-state index in [9.17, 15) is 19.2 Å². The van der Waals surface area contributed by atoms with Crippen LogP contribution in [0.2, 0.25) is 0 Å². The molecule has 0 saturated carbocycles. The van der Waals surface area contributed by atoms with Crippen LogP contribution in [0, 0.1) is 0 Å². The number of nitrogens with one attached hydrogen (secondary N) is 1. The van der Waals surface area contributed by atoms with Gasteiger partial charge in [0.15, 0.2) is 0 Å². The molecule has 0 unspecified atom stereocenters. The number of hydrogen-bond donors (Lipinski definition) is 1. The summed E-state index contributed by atoms with van der Waals surface area (Å²) in [7, 11) is 0. The van der Waals surface area contributed by atoms with Crippen molar-refractivity contribution in [2.75, 3.05) is 10.2 Å². The Hall–Kier alpha value is -4.78.